The van der Waals surface area contributed by atoms with Crippen LogP contribution in [0.3, 0.4) is 0 Å². The van der Waals surface area contributed by atoms with E-state index in [2.05, 4.69) is 10.6 Å². The maximum Gasteiger partial charge on any atom is 0.224 e. The third-order valence-electron chi connectivity index (χ3n) is 4.06. The maximum absolute atomic E-state index is 12.3. The minimum Gasteiger partial charge on any atom is -0.378 e. The van der Waals surface area contributed by atoms with Gasteiger partial charge in [-0.2, -0.15) is 0 Å². The molecule has 0 aromatic carbocycles. The lowest BCUT2D eigenvalue weighted by molar-refractivity contribution is -0.135. The zero-order chi connectivity index (χ0) is 15.2. The van der Waals surface area contributed by atoms with Gasteiger partial charge < -0.3 is 20.3 Å². The number of nitrogens with zero attached hydrogens (tertiary/aromatic N) is 1. The molecule has 2 heterocycles. The molecule has 0 aliphatic carbocycles. The van der Waals surface area contributed by atoms with E-state index in [4.69, 9.17) is 4.74 Å². The lowest BCUT2D eigenvalue weighted by atomic mass is 10.0. The summed E-state index contributed by atoms with van der Waals surface area (Å²) in [7, 11) is 0. The maximum atomic E-state index is 12.3. The quantitative estimate of drug-likeness (QED) is 0.774. The fraction of sp³-hybridized carbons (Fsp3) is 0.867. The van der Waals surface area contributed by atoms with Gasteiger partial charge in [-0.3, -0.25) is 9.59 Å². The minimum absolute atomic E-state index is 0.0142. The summed E-state index contributed by atoms with van der Waals surface area (Å²) in [6, 6.07) is 0.213. The third-order valence-corrected chi connectivity index (χ3v) is 4.06. The van der Waals surface area contributed by atoms with E-state index in [9.17, 15) is 9.59 Å². The van der Waals surface area contributed by atoms with Crippen molar-refractivity contribution in [3.8, 4) is 0 Å². The molecule has 0 bridgehead atoms. The van der Waals surface area contributed by atoms with Crippen LogP contribution in [0.4, 0.5) is 0 Å². The zero-order valence-corrected chi connectivity index (χ0v) is 13.1. The van der Waals surface area contributed by atoms with Crippen LogP contribution in [0.15, 0.2) is 0 Å². The van der Waals surface area contributed by atoms with Crippen LogP contribution in [0.2, 0.25) is 0 Å². The van der Waals surface area contributed by atoms with Crippen LogP contribution < -0.4 is 10.6 Å². The van der Waals surface area contributed by atoms with Crippen LogP contribution in [0.5, 0.6) is 0 Å². The van der Waals surface area contributed by atoms with E-state index in [-0.39, 0.29) is 29.8 Å². The Morgan fingerprint density at radius 3 is 2.90 bits per heavy atom. The summed E-state index contributed by atoms with van der Waals surface area (Å²) in [5.41, 5.74) is 0. The van der Waals surface area contributed by atoms with Gasteiger partial charge in [-0.1, -0.05) is 13.8 Å². The van der Waals surface area contributed by atoms with E-state index in [1.807, 2.05) is 18.7 Å². The van der Waals surface area contributed by atoms with Crippen LogP contribution >= 0.6 is 0 Å². The normalized spacial score (nSPS) is 26.7. The van der Waals surface area contributed by atoms with Gasteiger partial charge >= 0.3 is 0 Å². The summed E-state index contributed by atoms with van der Waals surface area (Å²) in [5.74, 6) is 0.206. The Morgan fingerprint density at radius 2 is 2.24 bits per heavy atom. The first-order valence-corrected chi connectivity index (χ1v) is 7.95. The molecule has 0 aromatic rings. The SMILES string of the molecule is CC(C)C(=O)NC1CCCN(C(=O)CC2COCCN2)C1. The van der Waals surface area contributed by atoms with Crippen molar-refractivity contribution in [3.63, 3.8) is 0 Å². The number of hydrogen-bond donors (Lipinski definition) is 2. The monoisotopic (exact) mass is 297 g/mol. The Bertz CT molecular complexity index is 367. The number of amides is 2. The Balaban J connectivity index is 1.79. The van der Waals surface area contributed by atoms with Gasteiger partial charge in [0.05, 0.1) is 13.2 Å². The molecule has 0 spiro atoms. The van der Waals surface area contributed by atoms with Crippen LogP contribution in [0.1, 0.15) is 33.1 Å². The fourth-order valence-corrected chi connectivity index (χ4v) is 2.78. The van der Waals surface area contributed by atoms with Gasteiger partial charge in [0.2, 0.25) is 11.8 Å². The smallest absolute Gasteiger partial charge is 0.224 e. The Hall–Kier alpha value is -1.14. The molecule has 2 fully saturated rings. The number of ether oxygens (including phenoxy) is 1. The molecule has 0 aromatic heterocycles. The first-order valence-electron chi connectivity index (χ1n) is 7.95. The van der Waals surface area contributed by atoms with Gasteiger partial charge in [0.25, 0.3) is 0 Å². The highest BCUT2D eigenvalue weighted by Gasteiger charge is 2.27. The van der Waals surface area contributed by atoms with E-state index in [1.165, 1.54) is 0 Å². The molecule has 2 aliphatic heterocycles. The Morgan fingerprint density at radius 1 is 1.43 bits per heavy atom. The highest BCUT2D eigenvalue weighted by Crippen LogP contribution is 2.13. The van der Waals surface area contributed by atoms with Crippen molar-refractivity contribution < 1.29 is 14.3 Å². The van der Waals surface area contributed by atoms with Crippen molar-refractivity contribution in [2.24, 2.45) is 5.92 Å². The predicted octanol–water partition coefficient (Wildman–Crippen LogP) is 0.128. The number of nitrogens with one attached hydrogen (secondary N) is 2. The molecule has 2 aliphatic rings. The highest BCUT2D eigenvalue weighted by molar-refractivity contribution is 5.79. The fourth-order valence-electron chi connectivity index (χ4n) is 2.78. The number of rotatable bonds is 4. The van der Waals surface area contributed by atoms with E-state index in [0.717, 1.165) is 32.5 Å². The molecule has 21 heavy (non-hydrogen) atoms. The van der Waals surface area contributed by atoms with Gasteiger partial charge in [-0.05, 0) is 12.8 Å². The summed E-state index contributed by atoms with van der Waals surface area (Å²) in [6.07, 6.45) is 2.38. The van der Waals surface area contributed by atoms with Crippen molar-refractivity contribution >= 4 is 11.8 Å². The van der Waals surface area contributed by atoms with E-state index in [1.54, 1.807) is 0 Å². The number of carbonyl (C=O) groups is 2. The number of morpholine rings is 1. The molecule has 0 saturated carbocycles. The number of likely N-dealkylation sites (tertiary alicyclic amines) is 1. The molecule has 2 unspecified atom stereocenters. The molecule has 120 valence electrons. The standard InChI is InChI=1S/C15H27N3O3/c1-11(2)15(20)17-12-4-3-6-18(9-12)14(19)8-13-10-21-7-5-16-13/h11-13,16H,3-10H2,1-2H3,(H,17,20). The minimum atomic E-state index is -0.0142. The average Bonchev–Trinajstić information content (AvgIpc) is 2.48. The zero-order valence-electron chi connectivity index (χ0n) is 13.1. The largest absolute Gasteiger partial charge is 0.378 e. The second kappa shape index (κ2) is 7.75. The van der Waals surface area contributed by atoms with Crippen LogP contribution in [0.25, 0.3) is 0 Å². The van der Waals surface area contributed by atoms with Gasteiger partial charge in [0, 0.05) is 44.1 Å². The van der Waals surface area contributed by atoms with Crippen LogP contribution in [-0.2, 0) is 14.3 Å². The molecule has 0 radical (unpaired) electrons. The van der Waals surface area contributed by atoms with Crippen molar-refractivity contribution in [2.75, 3.05) is 32.8 Å². The Labute approximate surface area is 126 Å². The average molecular weight is 297 g/mol. The van der Waals surface area contributed by atoms with E-state index >= 15 is 0 Å². The first kappa shape index (κ1) is 16.2. The van der Waals surface area contributed by atoms with Gasteiger partial charge in [-0.25, -0.2) is 0 Å². The van der Waals surface area contributed by atoms with Crippen molar-refractivity contribution in [3.05, 3.63) is 0 Å². The molecule has 2 atom stereocenters. The number of piperidine rings is 1. The lowest BCUT2D eigenvalue weighted by Gasteiger charge is -2.35. The molecule has 2 saturated heterocycles. The summed E-state index contributed by atoms with van der Waals surface area (Å²) >= 11 is 0. The number of hydrogen-bond acceptors (Lipinski definition) is 4. The Kier molecular flexibility index (Phi) is 5.99. The summed E-state index contributed by atoms with van der Waals surface area (Å²) in [4.78, 5) is 26.0. The molecular weight excluding hydrogens is 270 g/mol. The van der Waals surface area contributed by atoms with Gasteiger partial charge in [-0.15, -0.1) is 0 Å². The molecular formula is C15H27N3O3. The molecule has 2 amide bonds. The van der Waals surface area contributed by atoms with Gasteiger partial charge in [0.15, 0.2) is 0 Å². The first-order chi connectivity index (χ1) is 10.1. The number of carbonyl (C=O) groups excluding carboxylic acids is 2. The van der Waals surface area contributed by atoms with Crippen molar-refractivity contribution in [2.45, 2.75) is 45.2 Å². The second-order valence-electron chi connectivity index (χ2n) is 6.27. The molecule has 2 rings (SSSR count). The van der Waals surface area contributed by atoms with Crippen LogP contribution in [0, 0.1) is 5.92 Å². The summed E-state index contributed by atoms with van der Waals surface area (Å²) in [5, 5.41) is 6.34. The summed E-state index contributed by atoms with van der Waals surface area (Å²) in [6.45, 7) is 7.33. The molecule has 6 heteroatoms. The van der Waals surface area contributed by atoms with Crippen molar-refractivity contribution in [1.29, 1.82) is 0 Å². The van der Waals surface area contributed by atoms with Crippen molar-refractivity contribution in [1.82, 2.24) is 15.5 Å². The summed E-state index contributed by atoms with van der Waals surface area (Å²) < 4.78 is 5.38. The molecule has 2 N–H and O–H groups in total. The molecule has 6 nitrogen and oxygen atoms in total. The van der Waals surface area contributed by atoms with Crippen LogP contribution in [-0.4, -0.2) is 61.6 Å². The predicted molar refractivity (Wildman–Crippen MR) is 79.8 cm³/mol. The van der Waals surface area contributed by atoms with E-state index in [0.29, 0.717) is 19.6 Å². The van der Waals surface area contributed by atoms with E-state index < -0.39 is 0 Å². The second-order valence-corrected chi connectivity index (χ2v) is 6.27. The third kappa shape index (κ3) is 4.97. The van der Waals surface area contributed by atoms with Gasteiger partial charge in [0.1, 0.15) is 0 Å². The lowest BCUT2D eigenvalue weighted by Crippen LogP contribution is -2.52. The topological polar surface area (TPSA) is 70.7 Å². The highest BCUT2D eigenvalue weighted by atomic mass is 16.5.